The average molecular weight is 218 g/mol. The van der Waals surface area contributed by atoms with E-state index < -0.39 is 12.0 Å². The lowest BCUT2D eigenvalue weighted by atomic mass is 9.94. The second-order valence-electron chi connectivity index (χ2n) is 3.97. The van der Waals surface area contributed by atoms with Crippen LogP contribution in [-0.2, 0) is 4.79 Å². The molecule has 1 aliphatic heterocycles. The lowest BCUT2D eigenvalue weighted by Gasteiger charge is -2.11. The van der Waals surface area contributed by atoms with Gasteiger partial charge < -0.3 is 10.8 Å². The molecule has 0 aliphatic carbocycles. The van der Waals surface area contributed by atoms with Crippen molar-refractivity contribution in [3.63, 3.8) is 0 Å². The number of carbonyl (C=O) groups is 1. The second-order valence-corrected chi connectivity index (χ2v) is 3.97. The highest BCUT2D eigenvalue weighted by Gasteiger charge is 2.20. The number of nitrogens with zero attached hydrogens (tertiary/aromatic N) is 1. The maximum atomic E-state index is 10.6. The summed E-state index contributed by atoms with van der Waals surface area (Å²) in [6.07, 6.45) is 3.08. The minimum atomic E-state index is -0.941. The smallest absolute Gasteiger partial charge is 0.320 e. The van der Waals surface area contributed by atoms with Crippen LogP contribution in [0.5, 0.6) is 0 Å². The molecule has 2 atom stereocenters. The summed E-state index contributed by atoms with van der Waals surface area (Å²) in [6.45, 7) is 0. The van der Waals surface area contributed by atoms with Gasteiger partial charge in [-0.05, 0) is 24.5 Å². The summed E-state index contributed by atoms with van der Waals surface area (Å²) in [7, 11) is 0. The van der Waals surface area contributed by atoms with E-state index in [0.29, 0.717) is 6.42 Å². The third kappa shape index (κ3) is 2.12. The minimum absolute atomic E-state index is 0.210. The maximum absolute atomic E-state index is 10.6. The van der Waals surface area contributed by atoms with Gasteiger partial charge in [0.05, 0.1) is 5.69 Å². The van der Waals surface area contributed by atoms with Gasteiger partial charge in [0.15, 0.2) is 0 Å². The molecule has 16 heavy (non-hydrogen) atoms. The molecule has 0 spiro atoms. The first-order valence-corrected chi connectivity index (χ1v) is 5.30. The van der Waals surface area contributed by atoms with Crippen molar-refractivity contribution in [3.8, 4) is 0 Å². The van der Waals surface area contributed by atoms with Crippen molar-refractivity contribution in [2.24, 2.45) is 10.7 Å². The van der Waals surface area contributed by atoms with Crippen LogP contribution in [0.2, 0.25) is 0 Å². The fourth-order valence-corrected chi connectivity index (χ4v) is 1.88. The molecule has 0 amide bonds. The van der Waals surface area contributed by atoms with Gasteiger partial charge in [-0.1, -0.05) is 18.2 Å². The molecule has 4 nitrogen and oxygen atoms in total. The number of aliphatic carboxylic acids is 1. The fraction of sp³-hybridized carbons (Fsp3) is 0.333. The van der Waals surface area contributed by atoms with E-state index in [2.05, 4.69) is 4.99 Å². The summed E-state index contributed by atoms with van der Waals surface area (Å²) < 4.78 is 0. The molecule has 1 aromatic rings. The van der Waals surface area contributed by atoms with Gasteiger partial charge >= 0.3 is 5.97 Å². The van der Waals surface area contributed by atoms with Crippen molar-refractivity contribution in [1.82, 2.24) is 0 Å². The Kier molecular flexibility index (Phi) is 3.01. The number of hydrogen-bond acceptors (Lipinski definition) is 3. The van der Waals surface area contributed by atoms with Crippen molar-refractivity contribution in [1.29, 1.82) is 0 Å². The van der Waals surface area contributed by atoms with Crippen LogP contribution in [0.4, 0.5) is 5.69 Å². The number of para-hydroxylation sites is 1. The molecule has 0 radical (unpaired) electrons. The Morgan fingerprint density at radius 2 is 2.25 bits per heavy atom. The average Bonchev–Trinajstić information content (AvgIpc) is 2.69. The van der Waals surface area contributed by atoms with Gasteiger partial charge in [-0.2, -0.15) is 0 Å². The zero-order valence-corrected chi connectivity index (χ0v) is 8.84. The Labute approximate surface area is 93.8 Å². The number of rotatable bonds is 4. The summed E-state index contributed by atoms with van der Waals surface area (Å²) in [5.41, 5.74) is 7.62. The van der Waals surface area contributed by atoms with Gasteiger partial charge in [0, 0.05) is 12.1 Å². The van der Waals surface area contributed by atoms with Crippen LogP contribution in [0.25, 0.3) is 0 Å². The van der Waals surface area contributed by atoms with E-state index in [0.717, 1.165) is 12.1 Å². The van der Waals surface area contributed by atoms with Crippen LogP contribution >= 0.6 is 0 Å². The van der Waals surface area contributed by atoms with Crippen molar-refractivity contribution in [3.05, 3.63) is 29.8 Å². The van der Waals surface area contributed by atoms with Crippen LogP contribution < -0.4 is 5.73 Å². The minimum Gasteiger partial charge on any atom is -0.480 e. The molecule has 0 aromatic heterocycles. The van der Waals surface area contributed by atoms with Crippen LogP contribution in [-0.4, -0.2) is 23.3 Å². The van der Waals surface area contributed by atoms with Crippen LogP contribution in [0.15, 0.2) is 29.3 Å². The Hall–Kier alpha value is -1.68. The standard InChI is InChI=1S/C12H14N2O2/c13-10(12(15)16)6-5-8-7-14-11-4-2-1-3-9(8)11/h1-4,7-8,10H,5-6,13H2,(H,15,16). The monoisotopic (exact) mass is 218 g/mol. The Morgan fingerprint density at radius 1 is 1.50 bits per heavy atom. The number of aliphatic imine (C=N–C) groups is 1. The van der Waals surface area contributed by atoms with E-state index >= 15 is 0 Å². The summed E-state index contributed by atoms with van der Waals surface area (Å²) in [6, 6.07) is 7.13. The van der Waals surface area contributed by atoms with Crippen molar-refractivity contribution in [2.45, 2.75) is 24.8 Å². The Bertz CT molecular complexity index is 429. The highest BCUT2D eigenvalue weighted by molar-refractivity contribution is 5.80. The first-order chi connectivity index (χ1) is 7.68. The number of hydrogen-bond donors (Lipinski definition) is 2. The van der Waals surface area contributed by atoms with Crippen LogP contribution in [0.3, 0.4) is 0 Å². The number of fused-ring (bicyclic) bond motifs is 1. The molecular formula is C12H14N2O2. The highest BCUT2D eigenvalue weighted by atomic mass is 16.4. The van der Waals surface area contributed by atoms with Gasteiger partial charge in [0.2, 0.25) is 0 Å². The summed E-state index contributed by atoms with van der Waals surface area (Å²) in [5.74, 6) is -0.732. The molecule has 0 bridgehead atoms. The number of nitrogens with two attached hydrogens (primary N) is 1. The highest BCUT2D eigenvalue weighted by Crippen LogP contribution is 2.34. The number of carboxylic acids is 1. The second kappa shape index (κ2) is 4.45. The number of carboxylic acid groups (broad SMARTS) is 1. The number of benzene rings is 1. The molecule has 2 rings (SSSR count). The maximum Gasteiger partial charge on any atom is 0.320 e. The molecule has 0 fully saturated rings. The third-order valence-electron chi connectivity index (χ3n) is 2.84. The molecule has 1 aliphatic rings. The van der Waals surface area contributed by atoms with E-state index in [4.69, 9.17) is 10.8 Å². The molecule has 2 unspecified atom stereocenters. The molecule has 0 saturated heterocycles. The summed E-state index contributed by atoms with van der Waals surface area (Å²) in [5, 5.41) is 8.69. The van der Waals surface area contributed by atoms with Crippen molar-refractivity contribution < 1.29 is 9.90 Å². The van der Waals surface area contributed by atoms with Gasteiger partial charge in [0.25, 0.3) is 0 Å². The van der Waals surface area contributed by atoms with Crippen molar-refractivity contribution >= 4 is 17.9 Å². The van der Waals surface area contributed by atoms with Gasteiger partial charge in [-0.25, -0.2) is 0 Å². The van der Waals surface area contributed by atoms with Crippen LogP contribution in [0, 0.1) is 0 Å². The van der Waals surface area contributed by atoms with E-state index in [-0.39, 0.29) is 5.92 Å². The lowest BCUT2D eigenvalue weighted by molar-refractivity contribution is -0.138. The predicted molar refractivity (Wildman–Crippen MR) is 62.2 cm³/mol. The van der Waals surface area contributed by atoms with Crippen LogP contribution in [0.1, 0.15) is 24.3 Å². The Balaban J connectivity index is 1.99. The first-order valence-electron chi connectivity index (χ1n) is 5.30. The quantitative estimate of drug-likeness (QED) is 0.807. The zero-order valence-electron chi connectivity index (χ0n) is 8.84. The van der Waals surface area contributed by atoms with E-state index in [1.807, 2.05) is 30.5 Å². The van der Waals surface area contributed by atoms with Crippen molar-refractivity contribution in [2.75, 3.05) is 0 Å². The predicted octanol–water partition coefficient (Wildman–Crippen LogP) is 1.68. The molecular weight excluding hydrogens is 204 g/mol. The molecule has 1 aromatic carbocycles. The van der Waals surface area contributed by atoms with Gasteiger partial charge in [0.1, 0.15) is 6.04 Å². The summed E-state index contributed by atoms with van der Waals surface area (Å²) >= 11 is 0. The molecule has 84 valence electrons. The SMILES string of the molecule is NC(CCC1C=Nc2ccccc21)C(=O)O. The molecule has 1 heterocycles. The summed E-state index contributed by atoms with van der Waals surface area (Å²) in [4.78, 5) is 14.9. The normalized spacial score (nSPS) is 19.4. The van der Waals surface area contributed by atoms with E-state index in [1.54, 1.807) is 0 Å². The largest absolute Gasteiger partial charge is 0.480 e. The van der Waals surface area contributed by atoms with Gasteiger partial charge in [-0.15, -0.1) is 0 Å². The molecule has 4 heteroatoms. The lowest BCUT2D eigenvalue weighted by Crippen LogP contribution is -2.30. The fourth-order valence-electron chi connectivity index (χ4n) is 1.88. The zero-order chi connectivity index (χ0) is 11.5. The molecule has 0 saturated carbocycles. The molecule has 3 N–H and O–H groups in total. The van der Waals surface area contributed by atoms with E-state index in [1.165, 1.54) is 5.56 Å². The Morgan fingerprint density at radius 3 is 3.00 bits per heavy atom. The third-order valence-corrected chi connectivity index (χ3v) is 2.84. The van der Waals surface area contributed by atoms with Gasteiger partial charge in [-0.3, -0.25) is 9.79 Å². The first kappa shape index (κ1) is 10.8. The topological polar surface area (TPSA) is 75.7 Å². The van der Waals surface area contributed by atoms with E-state index in [9.17, 15) is 4.79 Å².